The number of aromatic carboxylic acids is 1. The van der Waals surface area contributed by atoms with Crippen LogP contribution >= 0.6 is 0 Å². The fourth-order valence-corrected chi connectivity index (χ4v) is 4.61. The Morgan fingerprint density at radius 2 is 1.85 bits per heavy atom. The smallest absolute Gasteiger partial charge is 0.335 e. The normalized spacial score (nSPS) is 19.3. The Bertz CT molecular complexity index is 1090. The molecule has 0 unspecified atom stereocenters. The third-order valence-electron chi connectivity index (χ3n) is 6.78. The van der Waals surface area contributed by atoms with Crippen molar-refractivity contribution in [2.75, 3.05) is 44.3 Å². The first-order valence-electron chi connectivity index (χ1n) is 11.3. The second-order valence-electron chi connectivity index (χ2n) is 9.14. The van der Waals surface area contributed by atoms with E-state index in [-0.39, 0.29) is 29.1 Å². The summed E-state index contributed by atoms with van der Waals surface area (Å²) in [7, 11) is 0. The van der Waals surface area contributed by atoms with Crippen molar-refractivity contribution in [1.82, 2.24) is 4.90 Å². The highest BCUT2D eigenvalue weighted by atomic mass is 19.1. The summed E-state index contributed by atoms with van der Waals surface area (Å²) in [5.74, 6) is -2.05. The van der Waals surface area contributed by atoms with Gasteiger partial charge in [0.1, 0.15) is 18.2 Å². The molecule has 0 radical (unpaired) electrons. The molecule has 0 atom stereocenters. The van der Waals surface area contributed by atoms with Crippen LogP contribution in [0.3, 0.4) is 0 Å². The molecule has 2 fully saturated rings. The molecular weight excluding hydrogens is 442 g/mol. The van der Waals surface area contributed by atoms with E-state index in [0.717, 1.165) is 38.1 Å². The molecule has 180 valence electrons. The van der Waals surface area contributed by atoms with Gasteiger partial charge in [0.2, 0.25) is 0 Å². The van der Waals surface area contributed by atoms with Crippen molar-refractivity contribution in [1.29, 1.82) is 0 Å². The molecule has 2 aromatic rings. The van der Waals surface area contributed by atoms with E-state index in [1.807, 2.05) is 6.08 Å². The van der Waals surface area contributed by atoms with Crippen LogP contribution < -0.4 is 4.90 Å². The van der Waals surface area contributed by atoms with Crippen LogP contribution in [-0.2, 0) is 9.53 Å². The number of piperidine rings is 1. The Morgan fingerprint density at radius 3 is 2.53 bits per heavy atom. The Hall–Kier alpha value is -3.10. The van der Waals surface area contributed by atoms with Gasteiger partial charge in [-0.05, 0) is 80.9 Å². The van der Waals surface area contributed by atoms with E-state index in [0.29, 0.717) is 31.0 Å². The number of halogens is 2. The van der Waals surface area contributed by atoms with Crippen LogP contribution in [0.25, 0.3) is 5.57 Å². The first-order valence-corrected chi connectivity index (χ1v) is 11.3. The van der Waals surface area contributed by atoms with Crippen molar-refractivity contribution in [3.05, 3.63) is 71.3 Å². The van der Waals surface area contributed by atoms with E-state index >= 15 is 0 Å². The molecule has 1 amide bonds. The molecule has 34 heavy (non-hydrogen) atoms. The number of nitrogens with zero attached hydrogens (tertiary/aromatic N) is 2. The number of allylic oxidation sites excluding steroid dienone is 1. The summed E-state index contributed by atoms with van der Waals surface area (Å²) < 4.78 is 33.3. The molecular formula is C26H28F2N2O4. The largest absolute Gasteiger partial charge is 0.478 e. The second kappa shape index (κ2) is 10.0. The molecule has 4 rings (SSSR count). The summed E-state index contributed by atoms with van der Waals surface area (Å²) >= 11 is 0. The molecule has 2 aromatic carbocycles. The van der Waals surface area contributed by atoms with Gasteiger partial charge < -0.3 is 14.7 Å². The Balaban J connectivity index is 1.41. The lowest BCUT2D eigenvalue weighted by Crippen LogP contribution is -2.48. The molecule has 0 aromatic heterocycles. The van der Waals surface area contributed by atoms with Gasteiger partial charge >= 0.3 is 5.97 Å². The summed E-state index contributed by atoms with van der Waals surface area (Å²) in [5.41, 5.74) is 1.61. The zero-order valence-electron chi connectivity index (χ0n) is 19.1. The van der Waals surface area contributed by atoms with Gasteiger partial charge in [-0.1, -0.05) is 6.08 Å². The van der Waals surface area contributed by atoms with Crippen molar-refractivity contribution >= 4 is 23.1 Å². The quantitative estimate of drug-likeness (QED) is 0.709. The molecule has 0 aliphatic carbocycles. The number of carboxylic acids is 1. The number of amides is 1. The lowest BCUT2D eigenvalue weighted by atomic mass is 9.78. The SMILES string of the molecule is C/C(=C/CN1CCC2(CC1)COCC(=O)N(c1ccc(C(=O)O)cc1)C2)c1cc(F)ccc1F. The maximum absolute atomic E-state index is 14.0. The topological polar surface area (TPSA) is 70.1 Å². The number of hydrogen-bond donors (Lipinski definition) is 1. The van der Waals surface area contributed by atoms with Crippen LogP contribution in [0, 0.1) is 17.0 Å². The number of hydrogen-bond acceptors (Lipinski definition) is 4. The van der Waals surface area contributed by atoms with E-state index in [4.69, 9.17) is 9.84 Å². The number of rotatable bonds is 5. The monoisotopic (exact) mass is 470 g/mol. The van der Waals surface area contributed by atoms with Crippen molar-refractivity contribution in [3.8, 4) is 0 Å². The van der Waals surface area contributed by atoms with E-state index < -0.39 is 17.6 Å². The highest BCUT2D eigenvalue weighted by molar-refractivity contribution is 5.95. The number of carboxylic acid groups (broad SMARTS) is 1. The summed E-state index contributed by atoms with van der Waals surface area (Å²) in [4.78, 5) is 27.8. The van der Waals surface area contributed by atoms with Crippen LogP contribution in [0.5, 0.6) is 0 Å². The van der Waals surface area contributed by atoms with Crippen LogP contribution in [0.2, 0.25) is 0 Å². The predicted octanol–water partition coefficient (Wildman–Crippen LogP) is 4.21. The minimum Gasteiger partial charge on any atom is -0.478 e. The third-order valence-corrected chi connectivity index (χ3v) is 6.78. The van der Waals surface area contributed by atoms with Crippen molar-refractivity contribution in [2.45, 2.75) is 19.8 Å². The Morgan fingerprint density at radius 1 is 1.15 bits per heavy atom. The van der Waals surface area contributed by atoms with Gasteiger partial charge in [-0.3, -0.25) is 9.69 Å². The average molecular weight is 471 g/mol. The second-order valence-corrected chi connectivity index (χ2v) is 9.14. The minimum atomic E-state index is -1.01. The van der Waals surface area contributed by atoms with Crippen LogP contribution in [-0.4, -0.2) is 61.3 Å². The Labute approximate surface area is 197 Å². The number of anilines is 1. The summed E-state index contributed by atoms with van der Waals surface area (Å²) in [5, 5.41) is 9.13. The van der Waals surface area contributed by atoms with Gasteiger partial charge in [-0.2, -0.15) is 0 Å². The van der Waals surface area contributed by atoms with Gasteiger partial charge in [0.05, 0.1) is 12.2 Å². The van der Waals surface area contributed by atoms with Crippen LogP contribution in [0.1, 0.15) is 35.7 Å². The molecule has 0 saturated carbocycles. The molecule has 2 heterocycles. The highest BCUT2D eigenvalue weighted by Crippen LogP contribution is 2.36. The van der Waals surface area contributed by atoms with Crippen molar-refractivity contribution < 1.29 is 28.2 Å². The first-order chi connectivity index (χ1) is 16.3. The molecule has 2 saturated heterocycles. The van der Waals surface area contributed by atoms with Gasteiger partial charge in [0.15, 0.2) is 0 Å². The van der Waals surface area contributed by atoms with Crippen molar-refractivity contribution in [3.63, 3.8) is 0 Å². The lowest BCUT2D eigenvalue weighted by Gasteiger charge is -2.42. The number of carbonyl (C=O) groups excluding carboxylic acids is 1. The standard InChI is InChI=1S/C26H28F2N2O4/c1-18(22-14-20(27)4-7-23(22)28)8-11-29-12-9-26(10-13-29)16-30(24(31)15-34-17-26)21-5-2-19(3-6-21)25(32)33/h2-8,14H,9-13,15-17H2,1H3,(H,32,33)/b18-8-. The highest BCUT2D eigenvalue weighted by Gasteiger charge is 2.40. The minimum absolute atomic E-state index is 0.00667. The summed E-state index contributed by atoms with van der Waals surface area (Å²) in [6.45, 7) is 4.97. The zero-order chi connectivity index (χ0) is 24.3. The maximum Gasteiger partial charge on any atom is 0.335 e. The van der Waals surface area contributed by atoms with E-state index in [9.17, 15) is 18.4 Å². The number of ether oxygens (including phenoxy) is 1. The number of likely N-dealkylation sites (tertiary alicyclic amines) is 1. The summed E-state index contributed by atoms with van der Waals surface area (Å²) in [6, 6.07) is 9.79. The molecule has 1 N–H and O–H groups in total. The van der Waals surface area contributed by atoms with E-state index in [2.05, 4.69) is 4.90 Å². The first kappa shape index (κ1) is 24.0. The van der Waals surface area contributed by atoms with E-state index in [1.165, 1.54) is 18.2 Å². The molecule has 2 aliphatic heterocycles. The molecule has 8 heteroatoms. The third kappa shape index (κ3) is 5.34. The van der Waals surface area contributed by atoms with Gasteiger partial charge in [-0.25, -0.2) is 13.6 Å². The van der Waals surface area contributed by atoms with Gasteiger partial charge in [0.25, 0.3) is 5.91 Å². The number of benzene rings is 2. The molecule has 0 bridgehead atoms. The zero-order valence-corrected chi connectivity index (χ0v) is 19.1. The van der Waals surface area contributed by atoms with E-state index in [1.54, 1.807) is 24.0 Å². The lowest BCUT2D eigenvalue weighted by molar-refractivity contribution is -0.122. The molecule has 1 spiro atoms. The van der Waals surface area contributed by atoms with Gasteiger partial charge in [0, 0.05) is 29.8 Å². The van der Waals surface area contributed by atoms with Crippen LogP contribution in [0.4, 0.5) is 14.5 Å². The fraction of sp³-hybridized carbons (Fsp3) is 0.385. The predicted molar refractivity (Wildman–Crippen MR) is 125 cm³/mol. The summed E-state index contributed by atoms with van der Waals surface area (Å²) in [6.07, 6.45) is 3.57. The molecule has 2 aliphatic rings. The number of carbonyl (C=O) groups is 2. The van der Waals surface area contributed by atoms with Crippen molar-refractivity contribution in [2.24, 2.45) is 5.41 Å². The Kier molecular flexibility index (Phi) is 7.09. The van der Waals surface area contributed by atoms with Crippen LogP contribution in [0.15, 0.2) is 48.5 Å². The molecule has 6 nitrogen and oxygen atoms in total. The average Bonchev–Trinajstić information content (AvgIpc) is 2.99. The fourth-order valence-electron chi connectivity index (χ4n) is 4.61. The maximum atomic E-state index is 14.0. The van der Waals surface area contributed by atoms with Gasteiger partial charge in [-0.15, -0.1) is 0 Å².